The first-order valence-corrected chi connectivity index (χ1v) is 51.1. The topological polar surface area (TPSA) is 231 Å². The summed E-state index contributed by atoms with van der Waals surface area (Å²) in [4.78, 5) is 59.1. The molecule has 0 saturated carbocycles. The fourth-order valence-electron chi connectivity index (χ4n) is 13.2. The van der Waals surface area contributed by atoms with Crippen LogP contribution >= 0.6 is 15.6 Å². The molecule has 0 fully saturated rings. The van der Waals surface area contributed by atoms with Gasteiger partial charge in [0.05, 0.1) is 26.4 Å². The maximum atomic E-state index is 13.1. The second-order valence-corrected chi connectivity index (χ2v) is 35.1. The first-order valence-electron chi connectivity index (χ1n) is 48.1. The summed E-state index contributed by atoms with van der Waals surface area (Å²) in [6, 6.07) is 0. The van der Waals surface area contributed by atoms with Crippen LogP contribution in [-0.4, -0.2) is 95.9 Å². The lowest BCUT2D eigenvalue weighted by atomic mass is 10.0. The standard InChI is InChI=1S/C101H176O16P2/c1-4-7-10-13-16-19-22-25-28-31-34-37-39-41-43-45-46-47-48-50-52-53-55-58-60-63-66-69-72-75-78-81-84-87-99(104)111-90-96(102)91-113-118(107,108)114-92-97(103)93-115-119(109,110)116-95-98(117-101(106)89-86-83-80-77-74-71-68-65-62-57-36-33-30-27-24-21-18-15-12-9-6-3)94-112-100(105)88-85-82-79-76-73-70-67-64-61-59-56-54-51-49-44-42-40-38-35-32-29-26-23-20-17-14-11-8-5-2/h16-21,25-30,34-38,41-44,57,65,68,96-98,102-103H,4-15,22-24,31-33,39-40,45-56,58-64,66-67,69-95H2,1-3H3,(H,107,108)(H,109,110)/b19-16-,20-17-,21-18-,28-25-,29-26-,30-27-,37-34-,38-35-,43-41-,44-42-,57-36-,68-65-. The van der Waals surface area contributed by atoms with Gasteiger partial charge in [-0.3, -0.25) is 32.5 Å². The molecule has 119 heavy (non-hydrogen) atoms. The van der Waals surface area contributed by atoms with Gasteiger partial charge in [0.2, 0.25) is 0 Å². The highest BCUT2D eigenvalue weighted by Gasteiger charge is 2.30. The fourth-order valence-corrected chi connectivity index (χ4v) is 14.8. The van der Waals surface area contributed by atoms with E-state index in [4.69, 9.17) is 32.3 Å². The number of rotatable bonds is 91. The van der Waals surface area contributed by atoms with Crippen LogP contribution in [-0.2, 0) is 55.8 Å². The number of hydrogen-bond acceptors (Lipinski definition) is 14. The number of unbranched alkanes of at least 4 members (excludes halogenated alkanes) is 44. The van der Waals surface area contributed by atoms with Crippen molar-refractivity contribution in [1.29, 1.82) is 0 Å². The lowest BCUT2D eigenvalue weighted by molar-refractivity contribution is -0.161. The van der Waals surface area contributed by atoms with E-state index in [-0.39, 0.29) is 19.3 Å². The normalized spacial score (nSPS) is 14.4. The van der Waals surface area contributed by atoms with Crippen LogP contribution in [0.4, 0.5) is 0 Å². The molecule has 0 rings (SSSR count). The zero-order valence-electron chi connectivity index (χ0n) is 75.8. The number of allylic oxidation sites excluding steroid dienone is 24. The number of hydrogen-bond donors (Lipinski definition) is 4. The Morgan fingerprint density at radius 1 is 0.235 bits per heavy atom. The van der Waals surface area contributed by atoms with Gasteiger partial charge in [-0.05, 0) is 154 Å². The van der Waals surface area contributed by atoms with E-state index in [0.29, 0.717) is 19.3 Å². The molecule has 5 unspecified atom stereocenters. The van der Waals surface area contributed by atoms with Gasteiger partial charge in [0, 0.05) is 19.3 Å². The van der Waals surface area contributed by atoms with Gasteiger partial charge in [-0.15, -0.1) is 0 Å². The first kappa shape index (κ1) is 114. The number of esters is 3. The molecule has 0 saturated heterocycles. The molecule has 0 radical (unpaired) electrons. The summed E-state index contributed by atoms with van der Waals surface area (Å²) >= 11 is 0. The number of aliphatic hydroxyl groups excluding tert-OH is 2. The lowest BCUT2D eigenvalue weighted by Gasteiger charge is -2.21. The minimum Gasteiger partial charge on any atom is -0.463 e. The van der Waals surface area contributed by atoms with Crippen molar-refractivity contribution < 1.29 is 75.8 Å². The molecule has 0 aliphatic heterocycles. The highest BCUT2D eigenvalue weighted by atomic mass is 31.2. The van der Waals surface area contributed by atoms with E-state index in [1.165, 1.54) is 212 Å². The Morgan fingerprint density at radius 3 is 0.664 bits per heavy atom. The van der Waals surface area contributed by atoms with Crippen LogP contribution in [0.25, 0.3) is 0 Å². The molecule has 5 atom stereocenters. The number of ether oxygens (including phenoxy) is 3. The van der Waals surface area contributed by atoms with Gasteiger partial charge in [0.1, 0.15) is 25.4 Å². The van der Waals surface area contributed by atoms with Gasteiger partial charge in [0.25, 0.3) is 0 Å². The highest BCUT2D eigenvalue weighted by Crippen LogP contribution is 2.45. The number of aliphatic hydroxyl groups is 2. The van der Waals surface area contributed by atoms with Crippen LogP contribution in [0.1, 0.15) is 419 Å². The highest BCUT2D eigenvalue weighted by molar-refractivity contribution is 7.47. The summed E-state index contributed by atoms with van der Waals surface area (Å²) in [5.41, 5.74) is 0. The molecule has 0 aromatic carbocycles. The summed E-state index contributed by atoms with van der Waals surface area (Å²) in [7, 11) is -9.82. The predicted molar refractivity (Wildman–Crippen MR) is 500 cm³/mol. The second-order valence-electron chi connectivity index (χ2n) is 32.2. The van der Waals surface area contributed by atoms with E-state index in [1.54, 1.807) is 0 Å². The van der Waals surface area contributed by atoms with Crippen molar-refractivity contribution in [3.8, 4) is 0 Å². The van der Waals surface area contributed by atoms with Crippen molar-refractivity contribution in [3.05, 3.63) is 146 Å². The molecule has 0 heterocycles. The molecular weight excluding hydrogens is 1530 g/mol. The third kappa shape index (κ3) is 94.0. The minimum atomic E-state index is -4.95. The third-order valence-electron chi connectivity index (χ3n) is 20.5. The maximum absolute atomic E-state index is 13.1. The average molecular weight is 1710 g/mol. The quantitative estimate of drug-likeness (QED) is 0.0146. The second kappa shape index (κ2) is 92.6. The largest absolute Gasteiger partial charge is 0.472 e. The van der Waals surface area contributed by atoms with Gasteiger partial charge in [-0.1, -0.05) is 391 Å². The fraction of sp³-hybridized carbons (Fsp3) is 0.733. The zero-order valence-corrected chi connectivity index (χ0v) is 77.5. The smallest absolute Gasteiger partial charge is 0.463 e. The number of carbonyl (C=O) groups excluding carboxylic acids is 3. The Kier molecular flexibility index (Phi) is 89.1. The van der Waals surface area contributed by atoms with Crippen LogP contribution < -0.4 is 0 Å². The van der Waals surface area contributed by atoms with Gasteiger partial charge in [-0.25, -0.2) is 9.13 Å². The van der Waals surface area contributed by atoms with Gasteiger partial charge < -0.3 is 34.2 Å². The number of carbonyl (C=O) groups is 3. The van der Waals surface area contributed by atoms with Crippen LogP contribution in [0.3, 0.4) is 0 Å². The summed E-state index contributed by atoms with van der Waals surface area (Å²) in [6.45, 7) is 2.64. The summed E-state index contributed by atoms with van der Waals surface area (Å²) in [5.74, 6) is -1.58. The Hall–Kier alpha value is -4.57. The van der Waals surface area contributed by atoms with E-state index in [2.05, 4.69) is 167 Å². The molecule has 686 valence electrons. The molecule has 0 aromatic heterocycles. The number of phosphoric acid groups is 2. The predicted octanol–water partition coefficient (Wildman–Crippen LogP) is 29.9. The van der Waals surface area contributed by atoms with Crippen molar-refractivity contribution in [1.82, 2.24) is 0 Å². The van der Waals surface area contributed by atoms with Crippen molar-refractivity contribution >= 4 is 33.6 Å². The van der Waals surface area contributed by atoms with Crippen LogP contribution in [0.15, 0.2) is 146 Å². The number of phosphoric ester groups is 2. The van der Waals surface area contributed by atoms with E-state index < -0.39 is 91.5 Å². The van der Waals surface area contributed by atoms with Crippen molar-refractivity contribution in [2.24, 2.45) is 0 Å². The Bertz CT molecular complexity index is 2740. The first-order chi connectivity index (χ1) is 58.2. The molecule has 18 heteroatoms. The van der Waals surface area contributed by atoms with Crippen LogP contribution in [0, 0.1) is 0 Å². The molecule has 4 N–H and O–H groups in total. The average Bonchev–Trinajstić information content (AvgIpc) is 0.902. The van der Waals surface area contributed by atoms with Gasteiger partial charge in [-0.2, -0.15) is 0 Å². The molecule has 0 aromatic rings. The van der Waals surface area contributed by atoms with Crippen LogP contribution in [0.2, 0.25) is 0 Å². The molecule has 0 bridgehead atoms. The minimum absolute atomic E-state index is 0.0813. The van der Waals surface area contributed by atoms with E-state index in [1.807, 2.05) is 0 Å². The SMILES string of the molecule is CCCCC/C=C\C/C=C\C/C=C\C/C=C\CCCCCCCCCCCCCCCCCCCC(=O)OCC(O)COP(=O)(O)OCC(O)COP(=O)(O)OCC(COC(=O)CCCCCCCCCCCCCCC/C=C\C/C=C\C/C=C\C/C=C\CCCCC)OC(=O)CCCCCCC/C=C\C/C=C\C/C=C\C/C=C\CCCCC. The molecule has 0 amide bonds. The van der Waals surface area contributed by atoms with Crippen molar-refractivity contribution in [2.45, 2.75) is 437 Å². The molecule has 0 aliphatic carbocycles. The third-order valence-corrected chi connectivity index (χ3v) is 22.4. The summed E-state index contributed by atoms with van der Waals surface area (Å²) in [6.07, 6.45) is 118. The van der Waals surface area contributed by atoms with Gasteiger partial charge in [0.15, 0.2) is 6.10 Å². The molecular formula is C101H176O16P2. The van der Waals surface area contributed by atoms with Crippen molar-refractivity contribution in [3.63, 3.8) is 0 Å². The Labute approximate surface area is 728 Å². The zero-order chi connectivity index (χ0) is 86.5. The summed E-state index contributed by atoms with van der Waals surface area (Å²) < 4.78 is 61.5. The monoisotopic (exact) mass is 1710 g/mol. The Balaban J connectivity index is 4.56. The van der Waals surface area contributed by atoms with E-state index >= 15 is 0 Å². The lowest BCUT2D eigenvalue weighted by Crippen LogP contribution is -2.30. The maximum Gasteiger partial charge on any atom is 0.472 e. The van der Waals surface area contributed by atoms with Crippen LogP contribution in [0.5, 0.6) is 0 Å². The van der Waals surface area contributed by atoms with E-state index in [9.17, 15) is 43.5 Å². The van der Waals surface area contributed by atoms with E-state index in [0.717, 1.165) is 148 Å². The van der Waals surface area contributed by atoms with Gasteiger partial charge >= 0.3 is 33.6 Å². The Morgan fingerprint density at radius 2 is 0.420 bits per heavy atom. The molecule has 16 nitrogen and oxygen atoms in total. The molecule has 0 aliphatic rings. The summed E-state index contributed by atoms with van der Waals surface area (Å²) in [5, 5.41) is 20.8. The van der Waals surface area contributed by atoms with Crippen molar-refractivity contribution in [2.75, 3.05) is 39.6 Å². The molecule has 0 spiro atoms.